The van der Waals surface area contributed by atoms with Crippen LogP contribution in [-0.2, 0) is 0 Å². The Labute approximate surface area is 90.1 Å². The molecule has 0 spiro atoms. The molecule has 0 aromatic rings. The molecular weight excluding hydrogens is 172 g/mol. The Hall–Kier alpha value is -0.0800. The normalized spacial score (nSPS) is 14.8. The Morgan fingerprint density at radius 1 is 1.21 bits per heavy atom. The lowest BCUT2D eigenvalue weighted by molar-refractivity contribution is 0.132. The van der Waals surface area contributed by atoms with Gasteiger partial charge in [0.15, 0.2) is 0 Å². The maximum absolute atomic E-state index is 3.60. The quantitative estimate of drug-likeness (QED) is 0.679. The summed E-state index contributed by atoms with van der Waals surface area (Å²) in [6.07, 6.45) is 3.87. The van der Waals surface area contributed by atoms with Crippen LogP contribution < -0.4 is 5.32 Å². The lowest BCUT2D eigenvalue weighted by atomic mass is 9.89. The van der Waals surface area contributed by atoms with Gasteiger partial charge in [-0.15, -0.1) is 0 Å². The summed E-state index contributed by atoms with van der Waals surface area (Å²) in [7, 11) is 4.33. The summed E-state index contributed by atoms with van der Waals surface area (Å²) in [4.78, 5) is 2.32. The third kappa shape index (κ3) is 3.97. The van der Waals surface area contributed by atoms with Crippen molar-refractivity contribution in [1.82, 2.24) is 10.2 Å². The van der Waals surface area contributed by atoms with E-state index in [1.165, 1.54) is 19.3 Å². The molecule has 0 saturated heterocycles. The van der Waals surface area contributed by atoms with Gasteiger partial charge in [0.05, 0.1) is 0 Å². The highest BCUT2D eigenvalue weighted by Crippen LogP contribution is 2.20. The van der Waals surface area contributed by atoms with Crippen LogP contribution in [0.25, 0.3) is 0 Å². The van der Waals surface area contributed by atoms with E-state index in [1.807, 2.05) is 0 Å². The van der Waals surface area contributed by atoms with E-state index in [1.54, 1.807) is 0 Å². The van der Waals surface area contributed by atoms with Crippen LogP contribution in [0.5, 0.6) is 0 Å². The second kappa shape index (κ2) is 6.41. The Morgan fingerprint density at radius 3 is 2.14 bits per heavy atom. The summed E-state index contributed by atoms with van der Waals surface area (Å²) >= 11 is 0. The van der Waals surface area contributed by atoms with E-state index in [2.05, 4.69) is 52.0 Å². The number of nitrogens with zero attached hydrogens (tertiary/aromatic N) is 1. The van der Waals surface area contributed by atoms with E-state index in [9.17, 15) is 0 Å². The van der Waals surface area contributed by atoms with E-state index in [0.29, 0.717) is 6.04 Å². The first-order valence-electron chi connectivity index (χ1n) is 5.87. The van der Waals surface area contributed by atoms with Crippen LogP contribution >= 0.6 is 0 Å². The molecule has 0 aromatic carbocycles. The van der Waals surface area contributed by atoms with E-state index in [0.717, 1.165) is 6.54 Å². The van der Waals surface area contributed by atoms with Gasteiger partial charge in [-0.25, -0.2) is 0 Å². The Bertz CT molecular complexity index is 141. The van der Waals surface area contributed by atoms with Crippen molar-refractivity contribution in [3.8, 4) is 0 Å². The fourth-order valence-corrected chi connectivity index (χ4v) is 1.67. The number of unbranched alkanes of at least 4 members (excludes halogenated alkanes) is 1. The molecule has 0 aromatic heterocycles. The van der Waals surface area contributed by atoms with Crippen LogP contribution in [0.3, 0.4) is 0 Å². The molecule has 2 heteroatoms. The summed E-state index contributed by atoms with van der Waals surface area (Å²) in [5.74, 6) is 0. The van der Waals surface area contributed by atoms with Gasteiger partial charge < -0.3 is 10.2 Å². The van der Waals surface area contributed by atoms with Gasteiger partial charge in [-0.2, -0.15) is 0 Å². The summed E-state index contributed by atoms with van der Waals surface area (Å²) < 4.78 is 0. The van der Waals surface area contributed by atoms with Crippen molar-refractivity contribution in [3.63, 3.8) is 0 Å². The van der Waals surface area contributed by atoms with Crippen molar-refractivity contribution < 1.29 is 0 Å². The zero-order valence-corrected chi connectivity index (χ0v) is 10.9. The van der Waals surface area contributed by atoms with Crippen molar-refractivity contribution in [3.05, 3.63) is 0 Å². The van der Waals surface area contributed by atoms with Gasteiger partial charge in [0.1, 0.15) is 0 Å². The second-order valence-electron chi connectivity index (χ2n) is 4.80. The lowest BCUT2D eigenvalue weighted by Crippen LogP contribution is -2.55. The molecular formula is C12H28N2. The zero-order chi connectivity index (χ0) is 11.2. The van der Waals surface area contributed by atoms with E-state index in [-0.39, 0.29) is 5.54 Å². The highest BCUT2D eigenvalue weighted by molar-refractivity contribution is 4.90. The zero-order valence-electron chi connectivity index (χ0n) is 10.9. The Balaban J connectivity index is 4.29. The first-order chi connectivity index (χ1) is 6.46. The fraction of sp³-hybridized carbons (Fsp3) is 1.00. The molecule has 0 aliphatic carbocycles. The minimum atomic E-state index is 0.241. The van der Waals surface area contributed by atoms with Crippen LogP contribution in [0.15, 0.2) is 0 Å². The minimum absolute atomic E-state index is 0.241. The van der Waals surface area contributed by atoms with Crippen molar-refractivity contribution in [1.29, 1.82) is 0 Å². The highest BCUT2D eigenvalue weighted by atomic mass is 15.2. The maximum atomic E-state index is 3.60. The predicted molar refractivity (Wildman–Crippen MR) is 64.8 cm³/mol. The third-order valence-corrected chi connectivity index (χ3v) is 3.30. The van der Waals surface area contributed by atoms with Gasteiger partial charge in [0, 0.05) is 11.6 Å². The standard InChI is InChI=1S/C12H28N2/c1-7-9-10-11(13-8-2)12(3,4)14(5)6/h11,13H,7-10H2,1-6H3. The Morgan fingerprint density at radius 2 is 1.79 bits per heavy atom. The molecule has 0 aliphatic heterocycles. The van der Waals surface area contributed by atoms with E-state index in [4.69, 9.17) is 0 Å². The molecule has 0 saturated carbocycles. The molecule has 1 N–H and O–H groups in total. The maximum Gasteiger partial charge on any atom is 0.0300 e. The van der Waals surface area contributed by atoms with E-state index >= 15 is 0 Å². The van der Waals surface area contributed by atoms with Crippen LogP contribution in [0.2, 0.25) is 0 Å². The largest absolute Gasteiger partial charge is 0.312 e. The molecule has 0 heterocycles. The average molecular weight is 200 g/mol. The molecule has 0 amide bonds. The fourth-order valence-electron chi connectivity index (χ4n) is 1.67. The van der Waals surface area contributed by atoms with Crippen LogP contribution in [0, 0.1) is 0 Å². The van der Waals surface area contributed by atoms with Crippen LogP contribution in [0.4, 0.5) is 0 Å². The number of hydrogen-bond donors (Lipinski definition) is 1. The third-order valence-electron chi connectivity index (χ3n) is 3.30. The average Bonchev–Trinajstić information content (AvgIpc) is 2.11. The van der Waals surface area contributed by atoms with Crippen LogP contribution in [0.1, 0.15) is 47.0 Å². The molecule has 2 nitrogen and oxygen atoms in total. The lowest BCUT2D eigenvalue weighted by Gasteiger charge is -2.40. The number of hydrogen-bond acceptors (Lipinski definition) is 2. The van der Waals surface area contributed by atoms with E-state index < -0.39 is 0 Å². The van der Waals surface area contributed by atoms with Gasteiger partial charge in [0.2, 0.25) is 0 Å². The van der Waals surface area contributed by atoms with Gasteiger partial charge in [-0.05, 0) is 40.9 Å². The molecule has 0 radical (unpaired) electrons. The van der Waals surface area contributed by atoms with Gasteiger partial charge >= 0.3 is 0 Å². The second-order valence-corrected chi connectivity index (χ2v) is 4.80. The first kappa shape index (κ1) is 13.9. The molecule has 0 bridgehead atoms. The van der Waals surface area contributed by atoms with Crippen molar-refractivity contribution in [2.45, 2.75) is 58.5 Å². The number of rotatable bonds is 7. The molecule has 1 atom stereocenters. The van der Waals surface area contributed by atoms with Crippen molar-refractivity contribution in [2.75, 3.05) is 20.6 Å². The molecule has 0 rings (SSSR count). The summed E-state index contributed by atoms with van der Waals surface area (Å²) in [6.45, 7) is 10.1. The molecule has 1 unspecified atom stereocenters. The minimum Gasteiger partial charge on any atom is -0.312 e. The Kier molecular flexibility index (Phi) is 6.38. The molecule has 14 heavy (non-hydrogen) atoms. The highest BCUT2D eigenvalue weighted by Gasteiger charge is 2.30. The summed E-state index contributed by atoms with van der Waals surface area (Å²) in [5.41, 5.74) is 0.241. The molecule has 0 aliphatic rings. The first-order valence-corrected chi connectivity index (χ1v) is 5.87. The van der Waals surface area contributed by atoms with Crippen molar-refractivity contribution in [2.24, 2.45) is 0 Å². The van der Waals surface area contributed by atoms with Gasteiger partial charge in [-0.1, -0.05) is 26.7 Å². The molecule has 0 fully saturated rings. The van der Waals surface area contributed by atoms with Gasteiger partial charge in [0.25, 0.3) is 0 Å². The van der Waals surface area contributed by atoms with Crippen molar-refractivity contribution >= 4 is 0 Å². The monoisotopic (exact) mass is 200 g/mol. The number of nitrogens with one attached hydrogen (secondary N) is 1. The SMILES string of the molecule is CCCCC(NCC)C(C)(C)N(C)C. The summed E-state index contributed by atoms with van der Waals surface area (Å²) in [6, 6.07) is 0.599. The topological polar surface area (TPSA) is 15.3 Å². The van der Waals surface area contributed by atoms with Crippen LogP contribution in [-0.4, -0.2) is 37.1 Å². The molecule has 86 valence electrons. The number of likely N-dealkylation sites (N-methyl/N-ethyl adjacent to an activating group) is 2. The predicted octanol–water partition coefficient (Wildman–Crippen LogP) is 2.49. The summed E-state index contributed by atoms with van der Waals surface area (Å²) in [5, 5.41) is 3.60. The smallest absolute Gasteiger partial charge is 0.0300 e. The van der Waals surface area contributed by atoms with Gasteiger partial charge in [-0.3, -0.25) is 0 Å².